The quantitative estimate of drug-likeness (QED) is 0.323. The minimum absolute atomic E-state index is 0.0338. The predicted molar refractivity (Wildman–Crippen MR) is 123 cm³/mol. The Morgan fingerprint density at radius 2 is 1.75 bits per heavy atom. The molecule has 0 bridgehead atoms. The number of ether oxygens (including phenoxy) is 1. The van der Waals surface area contributed by atoms with E-state index in [1.807, 2.05) is 30.3 Å². The first-order valence-electron chi connectivity index (χ1n) is 9.69. The molecule has 0 fully saturated rings. The van der Waals surface area contributed by atoms with Crippen LogP contribution in [0.5, 0.6) is 11.6 Å². The fourth-order valence-corrected chi connectivity index (χ4v) is 3.61. The van der Waals surface area contributed by atoms with E-state index in [1.54, 1.807) is 31.4 Å². The van der Waals surface area contributed by atoms with Crippen molar-refractivity contribution in [2.75, 3.05) is 17.1 Å². The van der Waals surface area contributed by atoms with Gasteiger partial charge in [-0.3, -0.25) is 0 Å². The first-order valence-corrected chi connectivity index (χ1v) is 10.7. The number of benzene rings is 2. The Morgan fingerprint density at radius 3 is 2.56 bits per heavy atom. The number of anilines is 2. The average molecular weight is 452 g/mol. The number of hydrogen-bond donors (Lipinski definition) is 2. The smallest absolute Gasteiger partial charge is 0.228 e. The van der Waals surface area contributed by atoms with E-state index < -0.39 is 11.6 Å². The number of pyridine rings is 1. The van der Waals surface area contributed by atoms with Gasteiger partial charge in [0, 0.05) is 25.2 Å². The molecule has 2 aromatic heterocycles. The molecular formula is C23H19F2N5OS. The van der Waals surface area contributed by atoms with Gasteiger partial charge >= 0.3 is 0 Å². The van der Waals surface area contributed by atoms with Crippen LogP contribution >= 0.6 is 11.9 Å². The molecule has 162 valence electrons. The van der Waals surface area contributed by atoms with Gasteiger partial charge in [-0.25, -0.2) is 19.3 Å². The molecule has 4 aromatic rings. The molecule has 2 N–H and O–H groups in total. The lowest BCUT2D eigenvalue weighted by Gasteiger charge is -2.13. The summed E-state index contributed by atoms with van der Waals surface area (Å²) in [5.74, 6) is -1.29. The van der Waals surface area contributed by atoms with Crippen molar-refractivity contribution in [3.8, 4) is 22.9 Å². The van der Waals surface area contributed by atoms with Gasteiger partial charge in [0.15, 0.2) is 11.6 Å². The van der Waals surface area contributed by atoms with Crippen LogP contribution in [0.25, 0.3) is 11.3 Å². The van der Waals surface area contributed by atoms with Crippen LogP contribution in [-0.2, 0) is 5.75 Å². The molecule has 0 radical (unpaired) electrons. The van der Waals surface area contributed by atoms with Gasteiger partial charge in [0.25, 0.3) is 0 Å². The second kappa shape index (κ2) is 10.1. The Balaban J connectivity index is 1.52. The van der Waals surface area contributed by atoms with Gasteiger partial charge in [-0.15, -0.1) is 0 Å². The Bertz CT molecular complexity index is 1210. The number of nitrogens with one attached hydrogen (secondary N) is 2. The van der Waals surface area contributed by atoms with Gasteiger partial charge in [-0.1, -0.05) is 30.3 Å². The predicted octanol–water partition coefficient (Wildman–Crippen LogP) is 5.91. The minimum Gasteiger partial charge on any atom is -0.435 e. The van der Waals surface area contributed by atoms with Crippen LogP contribution in [-0.4, -0.2) is 22.0 Å². The molecular weight excluding hydrogens is 432 g/mol. The Hall–Kier alpha value is -3.72. The van der Waals surface area contributed by atoms with Crippen molar-refractivity contribution in [1.29, 1.82) is 0 Å². The summed E-state index contributed by atoms with van der Waals surface area (Å²) in [6, 6.07) is 17.6. The molecule has 0 atom stereocenters. The summed E-state index contributed by atoms with van der Waals surface area (Å²) in [7, 11) is 1.70. The zero-order chi connectivity index (χ0) is 22.3. The van der Waals surface area contributed by atoms with Crippen LogP contribution in [0.1, 0.15) is 5.56 Å². The molecule has 0 amide bonds. The van der Waals surface area contributed by atoms with Gasteiger partial charge in [0.2, 0.25) is 17.6 Å². The fourth-order valence-electron chi connectivity index (χ4n) is 2.86. The maximum atomic E-state index is 14.7. The topological polar surface area (TPSA) is 72.0 Å². The van der Waals surface area contributed by atoms with Crippen molar-refractivity contribution < 1.29 is 13.5 Å². The van der Waals surface area contributed by atoms with E-state index in [1.165, 1.54) is 30.3 Å². The van der Waals surface area contributed by atoms with E-state index >= 15 is 0 Å². The summed E-state index contributed by atoms with van der Waals surface area (Å²) in [6.07, 6.45) is 3.09. The van der Waals surface area contributed by atoms with Crippen molar-refractivity contribution in [3.63, 3.8) is 0 Å². The molecule has 0 saturated heterocycles. The first kappa shape index (κ1) is 21.5. The third kappa shape index (κ3) is 4.94. The molecule has 4 rings (SSSR count). The average Bonchev–Trinajstić information content (AvgIpc) is 2.84. The molecule has 6 nitrogen and oxygen atoms in total. The lowest BCUT2D eigenvalue weighted by Crippen LogP contribution is -2.01. The second-order valence-corrected chi connectivity index (χ2v) is 7.37. The van der Waals surface area contributed by atoms with Gasteiger partial charge in [-0.2, -0.15) is 4.39 Å². The molecule has 9 heteroatoms. The summed E-state index contributed by atoms with van der Waals surface area (Å²) in [4.78, 5) is 12.6. The van der Waals surface area contributed by atoms with Crippen LogP contribution in [0.2, 0.25) is 0 Å². The number of halogens is 2. The molecule has 0 aliphatic heterocycles. The van der Waals surface area contributed by atoms with E-state index in [-0.39, 0.29) is 17.3 Å². The molecule has 2 aromatic carbocycles. The number of nitrogens with zero attached hydrogens (tertiary/aromatic N) is 3. The lowest BCUT2D eigenvalue weighted by molar-refractivity contribution is 0.408. The SMILES string of the molecule is CNc1nccc(-c2cccnc2Oc2ccc(NSCc3ccccc3)c(F)c2F)n1. The molecule has 0 aliphatic rings. The van der Waals surface area contributed by atoms with E-state index in [0.717, 1.165) is 5.56 Å². The number of aromatic nitrogens is 3. The standard InChI is InChI=1S/C23H19F2N5OS/c1-26-23-28-13-11-17(29-23)16-8-5-12-27-22(16)31-19-10-9-18(20(24)21(19)25)30-32-14-15-6-3-2-4-7-15/h2-13,30H,14H2,1H3,(H,26,28,29). The number of rotatable bonds is 8. The maximum absolute atomic E-state index is 14.7. The second-order valence-electron chi connectivity index (χ2n) is 6.59. The summed E-state index contributed by atoms with van der Waals surface area (Å²) in [5, 5.41) is 2.85. The summed E-state index contributed by atoms with van der Waals surface area (Å²) in [6.45, 7) is 0. The Kier molecular flexibility index (Phi) is 6.76. The van der Waals surface area contributed by atoms with Crippen LogP contribution in [0, 0.1) is 11.6 Å². The van der Waals surface area contributed by atoms with Gasteiger partial charge < -0.3 is 14.8 Å². The molecule has 0 unspecified atom stereocenters. The highest BCUT2D eigenvalue weighted by atomic mass is 32.2. The first-order chi connectivity index (χ1) is 15.7. The van der Waals surface area contributed by atoms with Crippen LogP contribution < -0.4 is 14.8 Å². The largest absolute Gasteiger partial charge is 0.435 e. The van der Waals surface area contributed by atoms with E-state index in [4.69, 9.17) is 4.74 Å². The van der Waals surface area contributed by atoms with E-state index in [9.17, 15) is 8.78 Å². The third-order valence-corrected chi connectivity index (χ3v) is 5.29. The van der Waals surface area contributed by atoms with Crippen molar-refractivity contribution in [2.24, 2.45) is 0 Å². The van der Waals surface area contributed by atoms with Crippen LogP contribution in [0.15, 0.2) is 73.1 Å². The van der Waals surface area contributed by atoms with Gasteiger partial charge in [0.05, 0.1) is 16.9 Å². The van der Waals surface area contributed by atoms with Crippen LogP contribution in [0.4, 0.5) is 20.4 Å². The van der Waals surface area contributed by atoms with Gasteiger partial charge in [0.1, 0.15) is 0 Å². The fraction of sp³-hybridized carbons (Fsp3) is 0.0870. The monoisotopic (exact) mass is 451 g/mol. The highest BCUT2D eigenvalue weighted by Crippen LogP contribution is 2.34. The van der Waals surface area contributed by atoms with Crippen LogP contribution in [0.3, 0.4) is 0 Å². The third-order valence-electron chi connectivity index (χ3n) is 4.44. The highest BCUT2D eigenvalue weighted by Gasteiger charge is 2.18. The van der Waals surface area contributed by atoms with E-state index in [0.29, 0.717) is 23.0 Å². The molecule has 0 aliphatic carbocycles. The summed E-state index contributed by atoms with van der Waals surface area (Å²) >= 11 is 1.27. The molecule has 2 heterocycles. The number of hydrogen-bond acceptors (Lipinski definition) is 7. The Morgan fingerprint density at radius 1 is 0.906 bits per heavy atom. The van der Waals surface area contributed by atoms with Crippen molar-refractivity contribution in [2.45, 2.75) is 5.75 Å². The minimum atomic E-state index is -1.11. The van der Waals surface area contributed by atoms with Crippen molar-refractivity contribution in [3.05, 3.63) is 90.3 Å². The molecule has 0 saturated carbocycles. The molecule has 32 heavy (non-hydrogen) atoms. The van der Waals surface area contributed by atoms with E-state index in [2.05, 4.69) is 25.0 Å². The highest BCUT2D eigenvalue weighted by molar-refractivity contribution is 7.99. The normalized spacial score (nSPS) is 10.6. The van der Waals surface area contributed by atoms with Crippen molar-refractivity contribution in [1.82, 2.24) is 15.0 Å². The van der Waals surface area contributed by atoms with Gasteiger partial charge in [-0.05, 0) is 47.8 Å². The molecule has 0 spiro atoms. The summed E-state index contributed by atoms with van der Waals surface area (Å²) in [5.41, 5.74) is 2.15. The lowest BCUT2D eigenvalue weighted by atomic mass is 10.2. The zero-order valence-electron chi connectivity index (χ0n) is 17.0. The maximum Gasteiger partial charge on any atom is 0.228 e. The Labute approximate surface area is 188 Å². The summed E-state index contributed by atoms with van der Waals surface area (Å²) < 4.78 is 37.9. The van der Waals surface area contributed by atoms with Crippen molar-refractivity contribution >= 4 is 23.6 Å². The zero-order valence-corrected chi connectivity index (χ0v) is 17.9.